The predicted molar refractivity (Wildman–Crippen MR) is 80.1 cm³/mol. The van der Waals surface area contributed by atoms with Crippen molar-refractivity contribution in [2.24, 2.45) is 0 Å². The number of carbonyl (C=O) groups excluding carboxylic acids is 1. The second kappa shape index (κ2) is 5.14. The Bertz CT molecular complexity index is 858. The lowest BCUT2D eigenvalue weighted by molar-refractivity contribution is 0.0993. The molecule has 0 N–H and O–H groups in total. The van der Waals surface area contributed by atoms with Gasteiger partial charge in [-0.15, -0.1) is 0 Å². The van der Waals surface area contributed by atoms with Gasteiger partial charge in [-0.1, -0.05) is 30.3 Å². The van der Waals surface area contributed by atoms with Crippen molar-refractivity contribution in [3.63, 3.8) is 0 Å². The molecule has 1 heterocycles. The largest absolute Gasteiger partial charge is 0.463 e. The number of nitriles is 1. The third-order valence-corrected chi connectivity index (χ3v) is 3.40. The summed E-state index contributed by atoms with van der Waals surface area (Å²) >= 11 is 0. The van der Waals surface area contributed by atoms with Gasteiger partial charge in [0.15, 0.2) is 0 Å². The zero-order valence-electron chi connectivity index (χ0n) is 11.4. The first kappa shape index (κ1) is 12.9. The van der Waals surface area contributed by atoms with Gasteiger partial charge in [0.1, 0.15) is 17.9 Å². The number of fused-ring (bicyclic) bond motifs is 1. The zero-order valence-corrected chi connectivity index (χ0v) is 11.4. The lowest BCUT2D eigenvalue weighted by Gasteiger charge is -2.17. The summed E-state index contributed by atoms with van der Waals surface area (Å²) < 4.78 is 5.40. The molecule has 0 aliphatic rings. The first-order valence-corrected chi connectivity index (χ1v) is 6.46. The molecule has 0 fully saturated rings. The van der Waals surface area contributed by atoms with Gasteiger partial charge in [-0.25, -0.2) is 0 Å². The SMILES string of the molecule is CN(C(=O)c1coc2ccccc12)c1ccccc1C#N. The zero-order chi connectivity index (χ0) is 14.8. The average Bonchev–Trinajstić information content (AvgIpc) is 2.97. The van der Waals surface area contributed by atoms with Gasteiger partial charge in [0, 0.05) is 12.4 Å². The van der Waals surface area contributed by atoms with Crippen molar-refractivity contribution in [1.82, 2.24) is 0 Å². The summed E-state index contributed by atoms with van der Waals surface area (Å²) in [5, 5.41) is 9.91. The number of anilines is 1. The van der Waals surface area contributed by atoms with Crippen molar-refractivity contribution in [2.45, 2.75) is 0 Å². The number of hydrogen-bond acceptors (Lipinski definition) is 3. The van der Waals surface area contributed by atoms with E-state index in [0.29, 0.717) is 22.4 Å². The van der Waals surface area contributed by atoms with Crippen LogP contribution in [0.3, 0.4) is 0 Å². The van der Waals surface area contributed by atoms with Crippen LogP contribution in [-0.2, 0) is 0 Å². The van der Waals surface area contributed by atoms with E-state index in [1.165, 1.54) is 11.2 Å². The molecule has 3 aromatic rings. The van der Waals surface area contributed by atoms with Crippen LogP contribution in [-0.4, -0.2) is 13.0 Å². The third kappa shape index (κ3) is 2.15. The molecule has 0 atom stereocenters. The van der Waals surface area contributed by atoms with Crippen LogP contribution in [0.4, 0.5) is 5.69 Å². The van der Waals surface area contributed by atoms with E-state index in [0.717, 1.165) is 5.39 Å². The van der Waals surface area contributed by atoms with Crippen molar-refractivity contribution in [3.8, 4) is 6.07 Å². The molecule has 0 saturated carbocycles. The van der Waals surface area contributed by atoms with Crippen LogP contribution in [0, 0.1) is 11.3 Å². The molecule has 1 aromatic heterocycles. The van der Waals surface area contributed by atoms with Crippen LogP contribution >= 0.6 is 0 Å². The van der Waals surface area contributed by atoms with Crippen LogP contribution in [0.2, 0.25) is 0 Å². The predicted octanol–water partition coefficient (Wildman–Crippen LogP) is 3.58. The van der Waals surface area contributed by atoms with Gasteiger partial charge in [-0.2, -0.15) is 5.26 Å². The number of carbonyl (C=O) groups is 1. The molecule has 102 valence electrons. The Hall–Kier alpha value is -3.06. The highest BCUT2D eigenvalue weighted by molar-refractivity contribution is 6.13. The van der Waals surface area contributed by atoms with Gasteiger partial charge in [0.2, 0.25) is 0 Å². The molecular weight excluding hydrogens is 264 g/mol. The van der Waals surface area contributed by atoms with Gasteiger partial charge >= 0.3 is 0 Å². The maximum absolute atomic E-state index is 12.6. The van der Waals surface area contributed by atoms with Crippen LogP contribution in [0.1, 0.15) is 15.9 Å². The topological polar surface area (TPSA) is 57.2 Å². The number of para-hydroxylation sites is 2. The Kier molecular flexibility index (Phi) is 3.17. The maximum atomic E-state index is 12.6. The Labute approximate surface area is 121 Å². The summed E-state index contributed by atoms with van der Waals surface area (Å²) in [6, 6.07) is 16.5. The van der Waals surface area contributed by atoms with E-state index in [9.17, 15) is 4.79 Å². The molecule has 0 bridgehead atoms. The highest BCUT2D eigenvalue weighted by Gasteiger charge is 2.20. The standard InChI is InChI=1S/C17H12N2O2/c1-19(15-8-4-2-6-12(15)10-18)17(20)14-11-21-16-9-5-3-7-13(14)16/h2-9,11H,1H3. The van der Waals surface area contributed by atoms with E-state index in [-0.39, 0.29) is 5.91 Å². The molecule has 0 unspecified atom stereocenters. The van der Waals surface area contributed by atoms with Crippen LogP contribution < -0.4 is 4.90 Å². The van der Waals surface area contributed by atoms with E-state index in [1.807, 2.05) is 24.3 Å². The van der Waals surface area contributed by atoms with Gasteiger partial charge in [0.25, 0.3) is 5.91 Å². The molecule has 1 amide bonds. The summed E-state index contributed by atoms with van der Waals surface area (Å²) in [5.74, 6) is -0.206. The van der Waals surface area contributed by atoms with Crippen LogP contribution in [0.15, 0.2) is 59.2 Å². The van der Waals surface area contributed by atoms with E-state index in [4.69, 9.17) is 9.68 Å². The van der Waals surface area contributed by atoms with E-state index < -0.39 is 0 Å². The van der Waals surface area contributed by atoms with Gasteiger partial charge < -0.3 is 9.32 Å². The van der Waals surface area contributed by atoms with Crippen LogP contribution in [0.5, 0.6) is 0 Å². The molecular formula is C17H12N2O2. The van der Waals surface area contributed by atoms with E-state index in [2.05, 4.69) is 6.07 Å². The fourth-order valence-corrected chi connectivity index (χ4v) is 2.29. The monoisotopic (exact) mass is 276 g/mol. The third-order valence-electron chi connectivity index (χ3n) is 3.40. The molecule has 4 nitrogen and oxygen atoms in total. The molecule has 3 rings (SSSR count). The quantitative estimate of drug-likeness (QED) is 0.718. The smallest absolute Gasteiger partial charge is 0.261 e. The molecule has 0 aliphatic carbocycles. The normalized spacial score (nSPS) is 10.3. The number of hydrogen-bond donors (Lipinski definition) is 0. The fraction of sp³-hybridized carbons (Fsp3) is 0.0588. The highest BCUT2D eigenvalue weighted by atomic mass is 16.3. The Morgan fingerprint density at radius 1 is 1.14 bits per heavy atom. The van der Waals surface area contributed by atoms with Crippen LogP contribution in [0.25, 0.3) is 11.0 Å². The van der Waals surface area contributed by atoms with Gasteiger partial charge in [0.05, 0.1) is 16.8 Å². The molecule has 21 heavy (non-hydrogen) atoms. The first-order valence-electron chi connectivity index (χ1n) is 6.46. The van der Waals surface area contributed by atoms with Crippen molar-refractivity contribution in [1.29, 1.82) is 5.26 Å². The first-order chi connectivity index (χ1) is 10.2. The van der Waals surface area contributed by atoms with E-state index in [1.54, 1.807) is 31.3 Å². The second-order valence-corrected chi connectivity index (χ2v) is 4.64. The van der Waals surface area contributed by atoms with Crippen molar-refractivity contribution in [2.75, 3.05) is 11.9 Å². The number of amides is 1. The molecule has 0 radical (unpaired) electrons. The van der Waals surface area contributed by atoms with Crippen molar-refractivity contribution < 1.29 is 9.21 Å². The fourth-order valence-electron chi connectivity index (χ4n) is 2.29. The molecule has 2 aromatic carbocycles. The summed E-state index contributed by atoms with van der Waals surface area (Å²) in [6.07, 6.45) is 1.46. The maximum Gasteiger partial charge on any atom is 0.261 e. The van der Waals surface area contributed by atoms with E-state index >= 15 is 0 Å². The average molecular weight is 276 g/mol. The number of benzene rings is 2. The molecule has 0 saturated heterocycles. The minimum Gasteiger partial charge on any atom is -0.463 e. The summed E-state index contributed by atoms with van der Waals surface area (Å²) in [6.45, 7) is 0. The molecule has 4 heteroatoms. The highest BCUT2D eigenvalue weighted by Crippen LogP contribution is 2.25. The molecule has 0 spiro atoms. The van der Waals surface area contributed by atoms with Gasteiger partial charge in [-0.05, 0) is 18.2 Å². The lowest BCUT2D eigenvalue weighted by Crippen LogP contribution is -2.26. The molecule has 0 aliphatic heterocycles. The lowest BCUT2D eigenvalue weighted by atomic mass is 10.1. The minimum atomic E-state index is -0.206. The number of furan rings is 1. The van der Waals surface area contributed by atoms with Gasteiger partial charge in [-0.3, -0.25) is 4.79 Å². The summed E-state index contributed by atoms with van der Waals surface area (Å²) in [7, 11) is 1.65. The summed E-state index contributed by atoms with van der Waals surface area (Å²) in [4.78, 5) is 14.1. The second-order valence-electron chi connectivity index (χ2n) is 4.64. The Balaban J connectivity index is 2.04. The van der Waals surface area contributed by atoms with Crippen molar-refractivity contribution >= 4 is 22.6 Å². The Morgan fingerprint density at radius 2 is 1.86 bits per heavy atom. The Morgan fingerprint density at radius 3 is 2.67 bits per heavy atom. The minimum absolute atomic E-state index is 0.206. The number of nitrogens with zero attached hydrogens (tertiary/aromatic N) is 2. The van der Waals surface area contributed by atoms with Crippen molar-refractivity contribution in [3.05, 3.63) is 65.9 Å². The summed E-state index contributed by atoms with van der Waals surface area (Å²) in [5.41, 5.74) is 2.19. The number of rotatable bonds is 2.